The molecule has 0 unspecified atom stereocenters. The molecule has 2 rings (SSSR count). The third kappa shape index (κ3) is 3.31. The van der Waals surface area contributed by atoms with Crippen molar-refractivity contribution in [3.05, 3.63) is 45.4 Å². The van der Waals surface area contributed by atoms with Crippen molar-refractivity contribution in [2.75, 3.05) is 0 Å². The Morgan fingerprint density at radius 3 is 2.94 bits per heavy atom. The lowest BCUT2D eigenvalue weighted by atomic mass is 10.2. The third-order valence-electron chi connectivity index (χ3n) is 2.65. The highest BCUT2D eigenvalue weighted by Gasteiger charge is 2.04. The van der Waals surface area contributed by atoms with Crippen LogP contribution in [-0.2, 0) is 19.6 Å². The van der Waals surface area contributed by atoms with Crippen molar-refractivity contribution in [2.45, 2.75) is 26.6 Å². The molecule has 6 heteroatoms. The zero-order valence-electron chi connectivity index (χ0n) is 10.0. The SMILES string of the molecule is CCn1cnnc1CNCc1ccc(Br)cc1Cl. The number of halogens is 2. The van der Waals surface area contributed by atoms with Crippen LogP contribution in [0, 0.1) is 0 Å². The molecule has 0 aliphatic carbocycles. The van der Waals surface area contributed by atoms with Gasteiger partial charge in [-0.2, -0.15) is 0 Å². The molecule has 18 heavy (non-hydrogen) atoms. The van der Waals surface area contributed by atoms with E-state index in [4.69, 9.17) is 11.6 Å². The van der Waals surface area contributed by atoms with Gasteiger partial charge in [0.25, 0.3) is 0 Å². The maximum Gasteiger partial charge on any atom is 0.146 e. The molecule has 0 fully saturated rings. The summed E-state index contributed by atoms with van der Waals surface area (Å²) in [6, 6.07) is 5.88. The van der Waals surface area contributed by atoms with Crippen molar-refractivity contribution in [3.8, 4) is 0 Å². The summed E-state index contributed by atoms with van der Waals surface area (Å²) in [7, 11) is 0. The topological polar surface area (TPSA) is 42.7 Å². The van der Waals surface area contributed by atoms with Crippen LogP contribution in [-0.4, -0.2) is 14.8 Å². The number of nitrogens with one attached hydrogen (secondary N) is 1. The lowest BCUT2D eigenvalue weighted by molar-refractivity contribution is 0.612. The average Bonchev–Trinajstić information content (AvgIpc) is 2.79. The molecule has 2 aromatic rings. The van der Waals surface area contributed by atoms with Crippen LogP contribution in [0.25, 0.3) is 0 Å². The van der Waals surface area contributed by atoms with Crippen LogP contribution in [0.2, 0.25) is 5.02 Å². The second-order valence-corrected chi connectivity index (χ2v) is 5.20. The maximum absolute atomic E-state index is 6.15. The fourth-order valence-corrected chi connectivity index (χ4v) is 2.39. The number of hydrogen-bond acceptors (Lipinski definition) is 3. The summed E-state index contributed by atoms with van der Waals surface area (Å²) >= 11 is 9.53. The predicted octanol–water partition coefficient (Wildman–Crippen LogP) is 3.00. The highest BCUT2D eigenvalue weighted by molar-refractivity contribution is 9.10. The van der Waals surface area contributed by atoms with E-state index in [0.29, 0.717) is 13.1 Å². The van der Waals surface area contributed by atoms with Crippen molar-refractivity contribution in [3.63, 3.8) is 0 Å². The Labute approximate surface area is 119 Å². The molecule has 4 nitrogen and oxygen atoms in total. The van der Waals surface area contributed by atoms with Gasteiger partial charge in [-0.25, -0.2) is 0 Å². The van der Waals surface area contributed by atoms with E-state index < -0.39 is 0 Å². The Balaban J connectivity index is 1.92. The van der Waals surface area contributed by atoms with Gasteiger partial charge in [0, 0.05) is 22.6 Å². The summed E-state index contributed by atoms with van der Waals surface area (Å²) in [5.74, 6) is 0.936. The van der Waals surface area contributed by atoms with Gasteiger partial charge in [0.05, 0.1) is 6.54 Å². The average molecular weight is 330 g/mol. The smallest absolute Gasteiger partial charge is 0.146 e. The Bertz CT molecular complexity index is 527. The Morgan fingerprint density at radius 2 is 2.22 bits per heavy atom. The number of aryl methyl sites for hydroxylation is 1. The Morgan fingerprint density at radius 1 is 1.39 bits per heavy atom. The van der Waals surface area contributed by atoms with E-state index >= 15 is 0 Å². The Kier molecular flexibility index (Phi) is 4.74. The quantitative estimate of drug-likeness (QED) is 0.917. The van der Waals surface area contributed by atoms with Crippen LogP contribution in [0.15, 0.2) is 29.0 Å². The summed E-state index contributed by atoms with van der Waals surface area (Å²) in [6.45, 7) is 4.34. The molecule has 0 aliphatic heterocycles. The fourth-order valence-electron chi connectivity index (χ4n) is 1.65. The van der Waals surface area contributed by atoms with Crippen LogP contribution in [0.1, 0.15) is 18.3 Å². The first kappa shape index (κ1) is 13.5. The van der Waals surface area contributed by atoms with Gasteiger partial charge >= 0.3 is 0 Å². The molecule has 1 aromatic carbocycles. The minimum atomic E-state index is 0.681. The van der Waals surface area contributed by atoms with Crippen LogP contribution < -0.4 is 5.32 Å². The van der Waals surface area contributed by atoms with Gasteiger partial charge in [-0.05, 0) is 24.6 Å². The summed E-state index contributed by atoms with van der Waals surface area (Å²) in [6.07, 6.45) is 1.74. The summed E-state index contributed by atoms with van der Waals surface area (Å²) < 4.78 is 3.00. The molecule has 0 radical (unpaired) electrons. The van der Waals surface area contributed by atoms with E-state index in [2.05, 4.69) is 38.4 Å². The zero-order valence-corrected chi connectivity index (χ0v) is 12.4. The predicted molar refractivity (Wildman–Crippen MR) is 75.4 cm³/mol. The summed E-state index contributed by atoms with van der Waals surface area (Å²) in [5.41, 5.74) is 1.07. The van der Waals surface area contributed by atoms with Crippen molar-refractivity contribution in [2.24, 2.45) is 0 Å². The first-order valence-electron chi connectivity index (χ1n) is 5.72. The lowest BCUT2D eigenvalue weighted by Crippen LogP contribution is -2.16. The van der Waals surface area contributed by atoms with Crippen LogP contribution in [0.3, 0.4) is 0 Å². The number of nitrogens with zero attached hydrogens (tertiary/aromatic N) is 3. The number of rotatable bonds is 5. The highest BCUT2D eigenvalue weighted by atomic mass is 79.9. The van der Waals surface area contributed by atoms with E-state index in [1.807, 2.05) is 22.8 Å². The normalized spacial score (nSPS) is 10.8. The van der Waals surface area contributed by atoms with Crippen LogP contribution in [0.4, 0.5) is 0 Å². The maximum atomic E-state index is 6.15. The molecule has 0 atom stereocenters. The van der Waals surface area contributed by atoms with E-state index in [1.54, 1.807) is 6.33 Å². The third-order valence-corrected chi connectivity index (χ3v) is 3.50. The van der Waals surface area contributed by atoms with E-state index in [9.17, 15) is 0 Å². The van der Waals surface area contributed by atoms with Gasteiger partial charge in [-0.3, -0.25) is 0 Å². The van der Waals surface area contributed by atoms with Crippen molar-refractivity contribution in [1.82, 2.24) is 20.1 Å². The molecule has 0 saturated carbocycles. The fraction of sp³-hybridized carbons (Fsp3) is 0.333. The molecule has 0 saturated heterocycles. The van der Waals surface area contributed by atoms with Gasteiger partial charge in [-0.15, -0.1) is 10.2 Å². The van der Waals surface area contributed by atoms with Gasteiger partial charge < -0.3 is 9.88 Å². The van der Waals surface area contributed by atoms with Crippen LogP contribution >= 0.6 is 27.5 Å². The summed E-state index contributed by atoms with van der Waals surface area (Å²) in [5, 5.41) is 12.0. The molecular formula is C12H14BrClN4. The number of benzene rings is 1. The van der Waals surface area contributed by atoms with Crippen molar-refractivity contribution >= 4 is 27.5 Å². The van der Waals surface area contributed by atoms with Crippen LogP contribution in [0.5, 0.6) is 0 Å². The second-order valence-electron chi connectivity index (χ2n) is 3.87. The molecule has 0 spiro atoms. The van der Waals surface area contributed by atoms with Crippen molar-refractivity contribution < 1.29 is 0 Å². The van der Waals surface area contributed by atoms with E-state index in [-0.39, 0.29) is 0 Å². The van der Waals surface area contributed by atoms with Crippen molar-refractivity contribution in [1.29, 1.82) is 0 Å². The number of aromatic nitrogens is 3. The molecule has 0 aliphatic rings. The van der Waals surface area contributed by atoms with Gasteiger partial charge in [0.2, 0.25) is 0 Å². The molecule has 1 N–H and O–H groups in total. The molecule has 1 heterocycles. The number of hydrogen-bond donors (Lipinski definition) is 1. The molecule has 1 aromatic heterocycles. The van der Waals surface area contributed by atoms with E-state index in [0.717, 1.165) is 27.4 Å². The van der Waals surface area contributed by atoms with Gasteiger partial charge in [0.1, 0.15) is 12.2 Å². The zero-order chi connectivity index (χ0) is 13.0. The Hall–Kier alpha value is -0.910. The highest BCUT2D eigenvalue weighted by Crippen LogP contribution is 2.21. The first-order chi connectivity index (χ1) is 8.70. The molecule has 0 amide bonds. The monoisotopic (exact) mass is 328 g/mol. The molecule has 96 valence electrons. The second kappa shape index (κ2) is 6.31. The largest absolute Gasteiger partial charge is 0.317 e. The molecule has 0 bridgehead atoms. The minimum absolute atomic E-state index is 0.681. The minimum Gasteiger partial charge on any atom is -0.317 e. The molecular weight excluding hydrogens is 316 g/mol. The lowest BCUT2D eigenvalue weighted by Gasteiger charge is -2.07. The summed E-state index contributed by atoms with van der Waals surface area (Å²) in [4.78, 5) is 0. The van der Waals surface area contributed by atoms with Gasteiger partial charge in [0.15, 0.2) is 0 Å². The standard InChI is InChI=1S/C12H14BrClN4/c1-2-18-8-16-17-12(18)7-15-6-9-3-4-10(13)5-11(9)14/h3-5,8,15H,2,6-7H2,1H3. The van der Waals surface area contributed by atoms with Gasteiger partial charge in [-0.1, -0.05) is 33.6 Å². The first-order valence-corrected chi connectivity index (χ1v) is 6.89. The van der Waals surface area contributed by atoms with E-state index in [1.165, 1.54) is 0 Å².